The largest absolute Gasteiger partial charge is 0.371 e. The Morgan fingerprint density at radius 2 is 2.43 bits per heavy atom. The lowest BCUT2D eigenvalue weighted by atomic mass is 10.2. The summed E-state index contributed by atoms with van der Waals surface area (Å²) in [7, 11) is 0. The Morgan fingerprint density at radius 1 is 1.64 bits per heavy atom. The Labute approximate surface area is 83.7 Å². The van der Waals surface area contributed by atoms with Crippen LogP contribution in [0.2, 0.25) is 0 Å². The molecular formula is C10H16N2O2. The maximum atomic E-state index is 10.4. The molecule has 0 radical (unpaired) electrons. The summed E-state index contributed by atoms with van der Waals surface area (Å²) in [4.78, 5) is 17.5. The molecular weight excluding hydrogens is 180 g/mol. The van der Waals surface area contributed by atoms with Gasteiger partial charge in [0.2, 0.25) is 0 Å². The van der Waals surface area contributed by atoms with Crippen molar-refractivity contribution in [1.29, 1.82) is 0 Å². The van der Waals surface area contributed by atoms with Gasteiger partial charge in [0.25, 0.3) is 0 Å². The molecule has 4 nitrogen and oxygen atoms in total. The predicted octanol–water partition coefficient (Wildman–Crippen LogP) is 2.10. The number of rotatable bonds is 6. The van der Waals surface area contributed by atoms with Crippen LogP contribution in [0, 0.1) is 0 Å². The molecule has 0 aromatic carbocycles. The zero-order valence-electron chi connectivity index (χ0n) is 8.62. The number of nitrogens with one attached hydrogen (secondary N) is 1. The number of H-pyrrole nitrogens is 1. The molecule has 1 heterocycles. The fourth-order valence-electron chi connectivity index (χ4n) is 1.34. The van der Waals surface area contributed by atoms with Gasteiger partial charge in [0.1, 0.15) is 11.9 Å². The first-order valence-electron chi connectivity index (χ1n) is 4.93. The van der Waals surface area contributed by atoms with Crippen molar-refractivity contribution in [3.8, 4) is 0 Å². The first kappa shape index (κ1) is 10.9. The van der Waals surface area contributed by atoms with Gasteiger partial charge in [-0.15, -0.1) is 0 Å². The Hall–Kier alpha value is -1.16. The van der Waals surface area contributed by atoms with Crippen LogP contribution in [0.1, 0.15) is 49.1 Å². The molecule has 0 spiro atoms. The highest BCUT2D eigenvalue weighted by atomic mass is 16.5. The smallest absolute Gasteiger partial charge is 0.167 e. The molecule has 1 unspecified atom stereocenters. The van der Waals surface area contributed by atoms with E-state index in [1.165, 1.54) is 6.20 Å². The summed E-state index contributed by atoms with van der Waals surface area (Å²) >= 11 is 0. The summed E-state index contributed by atoms with van der Waals surface area (Å²) in [6, 6.07) is 0. The van der Waals surface area contributed by atoms with E-state index in [9.17, 15) is 4.79 Å². The highest BCUT2D eigenvalue weighted by Gasteiger charge is 2.13. The summed E-state index contributed by atoms with van der Waals surface area (Å²) in [5, 5.41) is 0. The molecule has 1 aromatic rings. The van der Waals surface area contributed by atoms with E-state index in [-0.39, 0.29) is 6.10 Å². The minimum absolute atomic E-state index is 0.0151. The van der Waals surface area contributed by atoms with Crippen LogP contribution in [0.15, 0.2) is 6.20 Å². The molecule has 14 heavy (non-hydrogen) atoms. The number of carbonyl (C=O) groups is 1. The van der Waals surface area contributed by atoms with Crippen molar-refractivity contribution in [2.75, 3.05) is 6.61 Å². The van der Waals surface area contributed by atoms with Gasteiger partial charge in [0.05, 0.1) is 11.9 Å². The summed E-state index contributed by atoms with van der Waals surface area (Å²) in [5.41, 5.74) is 0.501. The van der Waals surface area contributed by atoms with Gasteiger partial charge >= 0.3 is 0 Å². The standard InChI is InChI=1S/C10H16N2O2/c1-3-5-9(14-4-2)10-11-6-8(7-13)12-10/h6-7,9H,3-5H2,1-2H3,(H,11,12). The first-order valence-corrected chi connectivity index (χ1v) is 4.93. The third-order valence-corrected chi connectivity index (χ3v) is 1.97. The first-order chi connectivity index (χ1) is 6.81. The predicted molar refractivity (Wildman–Crippen MR) is 53.3 cm³/mol. The van der Waals surface area contributed by atoms with Crippen LogP contribution in [0.25, 0.3) is 0 Å². The molecule has 0 amide bonds. The number of carbonyl (C=O) groups excluding carboxylic acids is 1. The fraction of sp³-hybridized carbons (Fsp3) is 0.600. The molecule has 1 rings (SSSR count). The molecule has 0 aliphatic heterocycles. The lowest BCUT2D eigenvalue weighted by Gasteiger charge is -2.12. The van der Waals surface area contributed by atoms with Crippen LogP contribution in [0.4, 0.5) is 0 Å². The lowest BCUT2D eigenvalue weighted by molar-refractivity contribution is 0.0499. The van der Waals surface area contributed by atoms with Gasteiger partial charge in [-0.3, -0.25) is 4.79 Å². The summed E-state index contributed by atoms with van der Waals surface area (Å²) < 4.78 is 5.52. The van der Waals surface area contributed by atoms with Gasteiger partial charge in [0.15, 0.2) is 6.29 Å². The van der Waals surface area contributed by atoms with E-state index in [1.807, 2.05) is 6.92 Å². The van der Waals surface area contributed by atoms with Crippen molar-refractivity contribution in [3.05, 3.63) is 17.7 Å². The van der Waals surface area contributed by atoms with E-state index in [2.05, 4.69) is 16.9 Å². The average Bonchev–Trinajstić information content (AvgIpc) is 2.65. The third kappa shape index (κ3) is 2.67. The Balaban J connectivity index is 2.70. The Morgan fingerprint density at radius 3 is 2.93 bits per heavy atom. The van der Waals surface area contributed by atoms with Crippen molar-refractivity contribution >= 4 is 6.29 Å². The number of ether oxygens (including phenoxy) is 1. The second-order valence-electron chi connectivity index (χ2n) is 3.07. The van der Waals surface area contributed by atoms with E-state index >= 15 is 0 Å². The van der Waals surface area contributed by atoms with Crippen LogP contribution in [-0.2, 0) is 4.74 Å². The monoisotopic (exact) mass is 196 g/mol. The van der Waals surface area contributed by atoms with Crippen LogP contribution in [-0.4, -0.2) is 22.9 Å². The summed E-state index contributed by atoms with van der Waals surface area (Å²) in [6.45, 7) is 4.70. The molecule has 0 fully saturated rings. The van der Waals surface area contributed by atoms with E-state index in [0.717, 1.165) is 25.0 Å². The molecule has 1 atom stereocenters. The SMILES string of the molecule is CCCC(OCC)c1ncc(C=O)[nH]1. The lowest BCUT2D eigenvalue weighted by Crippen LogP contribution is -2.06. The zero-order valence-corrected chi connectivity index (χ0v) is 8.62. The fourth-order valence-corrected chi connectivity index (χ4v) is 1.34. The second kappa shape index (κ2) is 5.54. The number of imidazole rings is 1. The normalized spacial score (nSPS) is 12.7. The number of hydrogen-bond acceptors (Lipinski definition) is 3. The molecule has 0 saturated heterocycles. The summed E-state index contributed by atoms with van der Waals surface area (Å²) in [5.74, 6) is 0.746. The van der Waals surface area contributed by atoms with Gasteiger partial charge in [-0.2, -0.15) is 0 Å². The van der Waals surface area contributed by atoms with Crippen LogP contribution in [0.5, 0.6) is 0 Å². The van der Waals surface area contributed by atoms with Crippen molar-refractivity contribution in [2.45, 2.75) is 32.8 Å². The molecule has 4 heteroatoms. The van der Waals surface area contributed by atoms with E-state index in [1.54, 1.807) is 0 Å². The Bertz CT molecular complexity index is 277. The maximum Gasteiger partial charge on any atom is 0.167 e. The second-order valence-corrected chi connectivity index (χ2v) is 3.07. The number of aldehydes is 1. The molecule has 0 aliphatic rings. The topological polar surface area (TPSA) is 55.0 Å². The van der Waals surface area contributed by atoms with Gasteiger partial charge in [0, 0.05) is 6.61 Å². The van der Waals surface area contributed by atoms with Crippen molar-refractivity contribution < 1.29 is 9.53 Å². The van der Waals surface area contributed by atoms with E-state index < -0.39 is 0 Å². The molecule has 1 aromatic heterocycles. The van der Waals surface area contributed by atoms with Gasteiger partial charge in [-0.25, -0.2) is 4.98 Å². The quantitative estimate of drug-likeness (QED) is 0.709. The van der Waals surface area contributed by atoms with Crippen LogP contribution < -0.4 is 0 Å². The van der Waals surface area contributed by atoms with Gasteiger partial charge < -0.3 is 9.72 Å². The van der Waals surface area contributed by atoms with Crippen molar-refractivity contribution in [1.82, 2.24) is 9.97 Å². The highest BCUT2D eigenvalue weighted by Crippen LogP contribution is 2.19. The van der Waals surface area contributed by atoms with Gasteiger partial charge in [-0.1, -0.05) is 13.3 Å². The van der Waals surface area contributed by atoms with Crippen molar-refractivity contribution in [2.24, 2.45) is 0 Å². The zero-order chi connectivity index (χ0) is 10.4. The number of hydrogen-bond donors (Lipinski definition) is 1. The molecule has 78 valence electrons. The van der Waals surface area contributed by atoms with Crippen molar-refractivity contribution in [3.63, 3.8) is 0 Å². The van der Waals surface area contributed by atoms with Gasteiger partial charge in [-0.05, 0) is 13.3 Å². The minimum atomic E-state index is -0.0151. The highest BCUT2D eigenvalue weighted by molar-refractivity contribution is 5.71. The Kier molecular flexibility index (Phi) is 4.32. The van der Waals surface area contributed by atoms with Crippen LogP contribution in [0.3, 0.4) is 0 Å². The van der Waals surface area contributed by atoms with E-state index in [4.69, 9.17) is 4.74 Å². The number of aromatic nitrogens is 2. The van der Waals surface area contributed by atoms with E-state index in [0.29, 0.717) is 12.3 Å². The molecule has 0 saturated carbocycles. The molecule has 0 bridgehead atoms. The third-order valence-electron chi connectivity index (χ3n) is 1.97. The molecule has 0 aliphatic carbocycles. The average molecular weight is 196 g/mol. The minimum Gasteiger partial charge on any atom is -0.371 e. The summed E-state index contributed by atoms with van der Waals surface area (Å²) in [6.07, 6.45) is 4.22. The maximum absolute atomic E-state index is 10.4. The van der Waals surface area contributed by atoms with Crippen LogP contribution >= 0.6 is 0 Å². The number of nitrogens with zero attached hydrogens (tertiary/aromatic N) is 1. The molecule has 1 N–H and O–H groups in total. The number of aromatic amines is 1.